The van der Waals surface area contributed by atoms with Gasteiger partial charge in [0.15, 0.2) is 0 Å². The molecule has 2 heterocycles. The van der Waals surface area contributed by atoms with Crippen LogP contribution in [0, 0.1) is 6.92 Å². The van der Waals surface area contributed by atoms with Crippen molar-refractivity contribution in [2.75, 3.05) is 0 Å². The molecule has 20 heavy (non-hydrogen) atoms. The number of benzene rings is 1. The van der Waals surface area contributed by atoms with Crippen LogP contribution >= 0.6 is 12.2 Å². The Bertz CT molecular complexity index is 797. The molecule has 2 N–H and O–H groups in total. The molecule has 3 aromatic rings. The molecule has 0 aliphatic carbocycles. The average Bonchev–Trinajstić information content (AvgIpc) is 2.93. The lowest BCUT2D eigenvalue weighted by molar-refractivity contribution is 0.673. The molecule has 0 bridgehead atoms. The fourth-order valence-corrected chi connectivity index (χ4v) is 2.59. The summed E-state index contributed by atoms with van der Waals surface area (Å²) in [4.78, 5) is 0.427. The number of nitrogens with two attached hydrogens (primary N) is 1. The third-order valence-corrected chi connectivity index (χ3v) is 3.73. The summed E-state index contributed by atoms with van der Waals surface area (Å²) in [6.07, 6.45) is 2.08. The molecule has 0 aliphatic rings. The largest absolute Gasteiger partial charge is 0.389 e. The van der Waals surface area contributed by atoms with Gasteiger partial charge in [-0.05, 0) is 30.5 Å². The zero-order valence-corrected chi connectivity index (χ0v) is 12.3. The molecule has 2 aromatic heterocycles. The predicted molar refractivity (Wildman–Crippen MR) is 84.9 cm³/mol. The molecule has 0 saturated heterocycles. The van der Waals surface area contributed by atoms with Crippen LogP contribution in [0.25, 0.3) is 10.9 Å². The lowest BCUT2D eigenvalue weighted by Crippen LogP contribution is -2.09. The second-order valence-corrected chi connectivity index (χ2v) is 5.42. The van der Waals surface area contributed by atoms with Crippen LogP contribution in [0.3, 0.4) is 0 Å². The minimum atomic E-state index is 0.427. The van der Waals surface area contributed by atoms with Crippen molar-refractivity contribution in [2.45, 2.75) is 13.5 Å². The van der Waals surface area contributed by atoms with Gasteiger partial charge in [0.25, 0.3) is 0 Å². The molecule has 0 saturated carbocycles. The van der Waals surface area contributed by atoms with Crippen LogP contribution in [-0.2, 0) is 13.6 Å². The minimum absolute atomic E-state index is 0.427. The predicted octanol–water partition coefficient (Wildman–Crippen LogP) is 2.37. The third kappa shape index (κ3) is 2.20. The van der Waals surface area contributed by atoms with E-state index in [0.29, 0.717) is 4.99 Å². The van der Waals surface area contributed by atoms with Crippen molar-refractivity contribution in [1.29, 1.82) is 0 Å². The van der Waals surface area contributed by atoms with Gasteiger partial charge in [0.05, 0.1) is 17.9 Å². The average molecular weight is 284 g/mol. The van der Waals surface area contributed by atoms with Crippen LogP contribution in [-0.4, -0.2) is 19.3 Å². The molecule has 3 rings (SSSR count). The van der Waals surface area contributed by atoms with Crippen molar-refractivity contribution in [3.8, 4) is 0 Å². The molecule has 5 heteroatoms. The lowest BCUT2D eigenvalue weighted by Gasteiger charge is -2.07. The highest BCUT2D eigenvalue weighted by Gasteiger charge is 2.07. The van der Waals surface area contributed by atoms with Gasteiger partial charge >= 0.3 is 0 Å². The first-order valence-corrected chi connectivity index (χ1v) is 6.83. The number of aryl methyl sites for hydroxylation is 2. The van der Waals surface area contributed by atoms with Crippen molar-refractivity contribution in [1.82, 2.24) is 14.3 Å². The Morgan fingerprint density at radius 2 is 2.10 bits per heavy atom. The summed E-state index contributed by atoms with van der Waals surface area (Å²) in [6.45, 7) is 2.78. The Balaban J connectivity index is 2.05. The van der Waals surface area contributed by atoms with E-state index in [4.69, 9.17) is 18.0 Å². The Kier molecular flexibility index (Phi) is 3.06. The fourth-order valence-electron chi connectivity index (χ4n) is 2.46. The minimum Gasteiger partial charge on any atom is -0.389 e. The van der Waals surface area contributed by atoms with Gasteiger partial charge in [-0.3, -0.25) is 4.68 Å². The van der Waals surface area contributed by atoms with Crippen LogP contribution in [0.5, 0.6) is 0 Å². The van der Waals surface area contributed by atoms with Gasteiger partial charge in [-0.2, -0.15) is 5.10 Å². The van der Waals surface area contributed by atoms with Crippen LogP contribution in [0.15, 0.2) is 36.5 Å². The fraction of sp³-hybridized carbons (Fsp3) is 0.200. The monoisotopic (exact) mass is 284 g/mol. The first-order chi connectivity index (χ1) is 9.54. The molecule has 102 valence electrons. The van der Waals surface area contributed by atoms with Gasteiger partial charge in [0, 0.05) is 24.3 Å². The second kappa shape index (κ2) is 4.76. The van der Waals surface area contributed by atoms with Crippen LogP contribution < -0.4 is 5.73 Å². The van der Waals surface area contributed by atoms with Crippen molar-refractivity contribution < 1.29 is 0 Å². The summed E-state index contributed by atoms with van der Waals surface area (Å²) in [7, 11) is 1.97. The topological polar surface area (TPSA) is 48.8 Å². The third-order valence-electron chi connectivity index (χ3n) is 3.49. The maximum absolute atomic E-state index is 5.71. The number of hydrogen-bond donors (Lipinski definition) is 1. The van der Waals surface area contributed by atoms with Gasteiger partial charge in [-0.15, -0.1) is 0 Å². The van der Waals surface area contributed by atoms with Crippen molar-refractivity contribution in [3.63, 3.8) is 0 Å². The van der Waals surface area contributed by atoms with E-state index in [-0.39, 0.29) is 0 Å². The molecular formula is C15H16N4S. The van der Waals surface area contributed by atoms with Crippen LogP contribution in [0.4, 0.5) is 0 Å². The van der Waals surface area contributed by atoms with Crippen LogP contribution in [0.2, 0.25) is 0 Å². The zero-order chi connectivity index (χ0) is 14.3. The van der Waals surface area contributed by atoms with E-state index in [1.165, 1.54) is 11.1 Å². The highest BCUT2D eigenvalue weighted by atomic mass is 32.1. The molecule has 0 amide bonds. The number of rotatable bonds is 3. The van der Waals surface area contributed by atoms with Gasteiger partial charge in [0.2, 0.25) is 0 Å². The molecule has 0 atom stereocenters. The van der Waals surface area contributed by atoms with Crippen molar-refractivity contribution >= 4 is 28.1 Å². The highest BCUT2D eigenvalue weighted by molar-refractivity contribution is 7.80. The quantitative estimate of drug-likeness (QED) is 0.751. The summed E-state index contributed by atoms with van der Waals surface area (Å²) in [5.41, 5.74) is 9.94. The van der Waals surface area contributed by atoms with Gasteiger partial charge in [0.1, 0.15) is 4.99 Å². The van der Waals surface area contributed by atoms with E-state index >= 15 is 0 Å². The molecule has 0 spiro atoms. The maximum Gasteiger partial charge on any atom is 0.104 e. The van der Waals surface area contributed by atoms with Gasteiger partial charge in [-0.25, -0.2) is 0 Å². The molecule has 1 aromatic carbocycles. The number of thiocarbonyl (C=S) groups is 1. The Hall–Kier alpha value is -2.14. The molecule has 0 radical (unpaired) electrons. The summed E-state index contributed by atoms with van der Waals surface area (Å²) in [5.74, 6) is 0. The van der Waals surface area contributed by atoms with E-state index in [9.17, 15) is 0 Å². The first-order valence-electron chi connectivity index (χ1n) is 6.43. The standard InChI is InChI=1S/C15H16N4S/c1-10-7-13(18(2)17-10)9-19-6-5-11-3-4-12(15(16)20)8-14(11)19/h3-8H,9H2,1-2H3,(H2,16,20). The first kappa shape index (κ1) is 12.9. The lowest BCUT2D eigenvalue weighted by atomic mass is 10.1. The molecule has 0 fully saturated rings. The Labute approximate surface area is 122 Å². The van der Waals surface area contributed by atoms with E-state index in [2.05, 4.69) is 34.1 Å². The van der Waals surface area contributed by atoms with E-state index in [1.807, 2.05) is 30.8 Å². The van der Waals surface area contributed by atoms with Gasteiger partial charge < -0.3 is 10.3 Å². The smallest absolute Gasteiger partial charge is 0.104 e. The maximum atomic E-state index is 5.71. The van der Waals surface area contributed by atoms with Crippen LogP contribution in [0.1, 0.15) is 17.0 Å². The molecule has 0 unspecified atom stereocenters. The SMILES string of the molecule is Cc1cc(Cn2ccc3ccc(C(N)=S)cc32)n(C)n1. The van der Waals surface area contributed by atoms with Crippen molar-refractivity contribution in [2.24, 2.45) is 12.8 Å². The number of nitrogens with zero attached hydrogens (tertiary/aromatic N) is 3. The second-order valence-electron chi connectivity index (χ2n) is 4.98. The molecule has 0 aliphatic heterocycles. The Morgan fingerprint density at radius 3 is 2.75 bits per heavy atom. The summed E-state index contributed by atoms with van der Waals surface area (Å²) in [6, 6.07) is 10.3. The molecular weight excluding hydrogens is 268 g/mol. The number of fused-ring (bicyclic) bond motifs is 1. The normalized spacial score (nSPS) is 11.1. The van der Waals surface area contributed by atoms with Gasteiger partial charge in [-0.1, -0.05) is 24.4 Å². The van der Waals surface area contributed by atoms with E-state index < -0.39 is 0 Å². The summed E-state index contributed by atoms with van der Waals surface area (Å²) in [5, 5.41) is 5.56. The highest BCUT2D eigenvalue weighted by Crippen LogP contribution is 2.19. The number of aromatic nitrogens is 3. The zero-order valence-electron chi connectivity index (χ0n) is 11.5. The van der Waals surface area contributed by atoms with E-state index in [0.717, 1.165) is 23.3 Å². The summed E-state index contributed by atoms with van der Waals surface area (Å²) < 4.78 is 4.10. The summed E-state index contributed by atoms with van der Waals surface area (Å²) >= 11 is 5.05. The van der Waals surface area contributed by atoms with E-state index in [1.54, 1.807) is 0 Å². The van der Waals surface area contributed by atoms with Crippen molar-refractivity contribution in [3.05, 3.63) is 53.5 Å². The molecule has 4 nitrogen and oxygen atoms in total. The number of hydrogen-bond acceptors (Lipinski definition) is 2. The Morgan fingerprint density at radius 1 is 1.30 bits per heavy atom.